The third-order valence-electron chi connectivity index (χ3n) is 3.60. The fraction of sp³-hybridized carbons (Fsp3) is 0.176. The lowest BCUT2D eigenvalue weighted by molar-refractivity contribution is 0.0998. The Bertz CT molecular complexity index is 939. The largest absolute Gasteiger partial charge is 0.378 e. The Morgan fingerprint density at radius 2 is 1.87 bits per heavy atom. The van der Waals surface area contributed by atoms with Crippen molar-refractivity contribution in [2.75, 3.05) is 19.0 Å². The van der Waals surface area contributed by atoms with Gasteiger partial charge in [0.25, 0.3) is 5.91 Å². The molecule has 0 saturated heterocycles. The predicted octanol–water partition coefficient (Wildman–Crippen LogP) is 3.19. The second-order valence-corrected chi connectivity index (χ2v) is 6.40. The highest BCUT2D eigenvalue weighted by Gasteiger charge is 2.10. The fourth-order valence-electron chi connectivity index (χ4n) is 2.32. The minimum absolute atomic E-state index is 0.314. The van der Waals surface area contributed by atoms with Gasteiger partial charge >= 0.3 is 0 Å². The Kier molecular flexibility index (Phi) is 4.00. The molecular weight excluding hydrogens is 313 g/mol. The van der Waals surface area contributed by atoms with Crippen LogP contribution in [-0.2, 0) is 7.05 Å². The van der Waals surface area contributed by atoms with Crippen LogP contribution in [0.2, 0.25) is 0 Å². The number of carbonyl (C=O) groups excluding carboxylic acids is 1. The molecule has 6 heteroatoms. The number of aryl methyl sites for hydroxylation is 1. The summed E-state index contributed by atoms with van der Waals surface area (Å²) in [6, 6.07) is 12.1. The van der Waals surface area contributed by atoms with Gasteiger partial charge in [0.15, 0.2) is 4.80 Å². The summed E-state index contributed by atoms with van der Waals surface area (Å²) >= 11 is 1.30. The van der Waals surface area contributed by atoms with Crippen LogP contribution in [0.1, 0.15) is 10.4 Å². The lowest BCUT2D eigenvalue weighted by atomic mass is 10.2. The first-order chi connectivity index (χ1) is 11.0. The van der Waals surface area contributed by atoms with Gasteiger partial charge in [0, 0.05) is 32.4 Å². The van der Waals surface area contributed by atoms with Crippen molar-refractivity contribution >= 4 is 33.1 Å². The van der Waals surface area contributed by atoms with E-state index in [0.29, 0.717) is 15.9 Å². The van der Waals surface area contributed by atoms with Crippen LogP contribution in [0.15, 0.2) is 47.5 Å². The van der Waals surface area contributed by atoms with E-state index in [0.717, 1.165) is 10.4 Å². The van der Waals surface area contributed by atoms with Crippen molar-refractivity contribution in [3.63, 3.8) is 0 Å². The highest BCUT2D eigenvalue weighted by atomic mass is 32.1. The zero-order valence-electron chi connectivity index (χ0n) is 13.1. The van der Waals surface area contributed by atoms with E-state index < -0.39 is 0 Å². The maximum atomic E-state index is 13.9. The van der Waals surface area contributed by atoms with Crippen molar-refractivity contribution in [2.24, 2.45) is 12.0 Å². The minimum Gasteiger partial charge on any atom is -0.378 e. The molecule has 2 aromatic carbocycles. The zero-order valence-corrected chi connectivity index (χ0v) is 13.9. The number of anilines is 1. The third kappa shape index (κ3) is 2.90. The van der Waals surface area contributed by atoms with E-state index in [1.54, 1.807) is 29.8 Å². The van der Waals surface area contributed by atoms with Crippen LogP contribution in [0.3, 0.4) is 0 Å². The quantitative estimate of drug-likeness (QED) is 0.724. The summed E-state index contributed by atoms with van der Waals surface area (Å²) in [7, 11) is 5.59. The van der Waals surface area contributed by atoms with Crippen LogP contribution in [0.4, 0.5) is 10.1 Å². The molecule has 3 rings (SSSR count). The Hall–Kier alpha value is -2.47. The number of carbonyl (C=O) groups is 1. The molecule has 118 valence electrons. The van der Waals surface area contributed by atoms with Crippen LogP contribution in [0.5, 0.6) is 0 Å². The predicted molar refractivity (Wildman–Crippen MR) is 91.4 cm³/mol. The van der Waals surface area contributed by atoms with E-state index >= 15 is 0 Å². The monoisotopic (exact) mass is 329 g/mol. The number of rotatable bonds is 2. The molecular formula is C17H16FN3OS. The molecule has 0 fully saturated rings. The molecule has 3 aromatic rings. The Morgan fingerprint density at radius 1 is 1.17 bits per heavy atom. The van der Waals surface area contributed by atoms with E-state index in [1.165, 1.54) is 17.4 Å². The molecule has 0 radical (unpaired) electrons. The highest BCUT2D eigenvalue weighted by Crippen LogP contribution is 2.19. The normalized spacial score (nSPS) is 11.9. The van der Waals surface area contributed by atoms with Crippen LogP contribution < -0.4 is 9.70 Å². The van der Waals surface area contributed by atoms with Gasteiger partial charge in [-0.3, -0.25) is 4.79 Å². The average molecular weight is 329 g/mol. The number of nitrogens with zero attached hydrogens (tertiary/aromatic N) is 3. The van der Waals surface area contributed by atoms with Crippen LogP contribution >= 0.6 is 11.3 Å². The maximum absolute atomic E-state index is 13.9. The Labute approximate surface area is 137 Å². The summed E-state index contributed by atoms with van der Waals surface area (Å²) in [6.45, 7) is 0. The van der Waals surface area contributed by atoms with Crippen molar-refractivity contribution in [3.05, 3.63) is 58.6 Å². The molecule has 0 spiro atoms. The summed E-state index contributed by atoms with van der Waals surface area (Å²) in [5.74, 6) is -0.650. The van der Waals surface area contributed by atoms with E-state index in [4.69, 9.17) is 0 Å². The Balaban J connectivity index is 2.02. The molecule has 0 aliphatic carbocycles. The van der Waals surface area contributed by atoms with E-state index in [1.807, 2.05) is 37.2 Å². The first-order valence-corrected chi connectivity index (χ1v) is 7.89. The molecule has 0 N–H and O–H groups in total. The summed E-state index contributed by atoms with van der Waals surface area (Å²) in [6.07, 6.45) is 0. The standard InChI is InChI=1S/C17H16FN3OS/c1-20(2)12-9-7-11(8-10-12)16(22)19-17-21(3)15-13(18)5-4-6-14(15)23-17/h4-10H,1-3H3. The second kappa shape index (κ2) is 5.96. The zero-order chi connectivity index (χ0) is 16.6. The lowest BCUT2D eigenvalue weighted by Crippen LogP contribution is -2.14. The second-order valence-electron chi connectivity index (χ2n) is 5.39. The van der Waals surface area contributed by atoms with Gasteiger partial charge in [0.1, 0.15) is 5.82 Å². The molecule has 0 unspecified atom stereocenters. The molecule has 0 aliphatic heterocycles. The number of fused-ring (bicyclic) bond motifs is 1. The first-order valence-electron chi connectivity index (χ1n) is 7.08. The molecule has 0 saturated carbocycles. The molecule has 0 bridgehead atoms. The summed E-state index contributed by atoms with van der Waals surface area (Å²) in [4.78, 5) is 18.9. The topological polar surface area (TPSA) is 37.6 Å². The van der Waals surface area contributed by atoms with Crippen molar-refractivity contribution in [1.29, 1.82) is 0 Å². The van der Waals surface area contributed by atoms with Gasteiger partial charge in [0.2, 0.25) is 0 Å². The van der Waals surface area contributed by atoms with Crippen LogP contribution in [0.25, 0.3) is 10.2 Å². The number of hydrogen-bond acceptors (Lipinski definition) is 3. The Morgan fingerprint density at radius 3 is 2.48 bits per heavy atom. The summed E-state index contributed by atoms with van der Waals surface area (Å²) in [5.41, 5.74) is 1.98. The molecule has 1 aromatic heterocycles. The van der Waals surface area contributed by atoms with E-state index in [2.05, 4.69) is 4.99 Å². The molecule has 0 atom stereocenters. The van der Waals surface area contributed by atoms with Crippen molar-refractivity contribution < 1.29 is 9.18 Å². The van der Waals surface area contributed by atoms with Gasteiger partial charge < -0.3 is 9.47 Å². The number of halogens is 1. The van der Waals surface area contributed by atoms with E-state index in [-0.39, 0.29) is 11.7 Å². The maximum Gasteiger partial charge on any atom is 0.279 e. The SMILES string of the molecule is CN(C)c1ccc(C(=O)N=c2sc3cccc(F)c3n2C)cc1. The number of hydrogen-bond donors (Lipinski definition) is 0. The number of amides is 1. The van der Waals surface area contributed by atoms with Gasteiger partial charge in [0.05, 0.1) is 10.2 Å². The molecule has 1 heterocycles. The van der Waals surface area contributed by atoms with E-state index in [9.17, 15) is 9.18 Å². The molecule has 1 amide bonds. The summed E-state index contributed by atoms with van der Waals surface area (Å²) < 4.78 is 16.3. The minimum atomic E-state index is -0.335. The smallest absolute Gasteiger partial charge is 0.279 e. The van der Waals surface area contributed by atoms with Crippen molar-refractivity contribution in [2.45, 2.75) is 0 Å². The molecule has 0 aliphatic rings. The van der Waals surface area contributed by atoms with Gasteiger partial charge in [-0.25, -0.2) is 4.39 Å². The van der Waals surface area contributed by atoms with Gasteiger partial charge in [-0.1, -0.05) is 17.4 Å². The lowest BCUT2D eigenvalue weighted by Gasteiger charge is -2.11. The van der Waals surface area contributed by atoms with Crippen molar-refractivity contribution in [1.82, 2.24) is 4.57 Å². The average Bonchev–Trinajstić information content (AvgIpc) is 2.85. The van der Waals surface area contributed by atoms with Crippen LogP contribution in [-0.4, -0.2) is 24.6 Å². The fourth-order valence-corrected chi connectivity index (χ4v) is 3.35. The van der Waals surface area contributed by atoms with Gasteiger partial charge in [-0.05, 0) is 36.4 Å². The number of benzene rings is 2. The highest BCUT2D eigenvalue weighted by molar-refractivity contribution is 7.16. The van der Waals surface area contributed by atoms with Crippen LogP contribution in [0, 0.1) is 5.82 Å². The van der Waals surface area contributed by atoms with Gasteiger partial charge in [-0.2, -0.15) is 4.99 Å². The molecule has 23 heavy (non-hydrogen) atoms. The third-order valence-corrected chi connectivity index (χ3v) is 4.70. The van der Waals surface area contributed by atoms with Crippen molar-refractivity contribution in [3.8, 4) is 0 Å². The number of aromatic nitrogens is 1. The number of para-hydroxylation sites is 1. The molecule has 4 nitrogen and oxygen atoms in total. The summed E-state index contributed by atoms with van der Waals surface area (Å²) in [5, 5.41) is 0. The number of thiazole rings is 1. The first kappa shape index (κ1) is 15.4. The van der Waals surface area contributed by atoms with Gasteiger partial charge in [-0.15, -0.1) is 0 Å².